The van der Waals surface area contributed by atoms with Gasteiger partial charge in [0.05, 0.1) is 17.8 Å². The zero-order valence-electron chi connectivity index (χ0n) is 15.7. The van der Waals surface area contributed by atoms with Gasteiger partial charge in [0.2, 0.25) is 5.91 Å². The van der Waals surface area contributed by atoms with E-state index in [0.29, 0.717) is 11.6 Å². The summed E-state index contributed by atoms with van der Waals surface area (Å²) >= 11 is 7.83. The lowest BCUT2D eigenvalue weighted by Gasteiger charge is -2.16. The lowest BCUT2D eigenvalue weighted by Crippen LogP contribution is -2.29. The highest BCUT2D eigenvalue weighted by atomic mass is 35.5. The molecule has 1 aliphatic rings. The number of amides is 1. The van der Waals surface area contributed by atoms with Gasteiger partial charge < -0.3 is 5.32 Å². The SMILES string of the molecule is C[C@H](NC(=O)CCn1cnc2sc3c(c2c1=O)CCCC3)c1ccccc1Cl. The Bertz CT molecular complexity index is 1090. The van der Waals surface area contributed by atoms with Crippen LogP contribution in [-0.4, -0.2) is 15.5 Å². The minimum absolute atomic E-state index is 0.0312. The standard InChI is InChI=1S/C21H22ClN3O2S/c1-13(14-6-2-4-8-16(14)22)24-18(26)10-11-25-12-23-20-19(21(25)27)15-7-3-5-9-17(15)28-20/h2,4,6,8,12-13H,3,5,7,9-11H2,1H3,(H,24,26)/t13-/m0/s1. The van der Waals surface area contributed by atoms with Crippen LogP contribution in [0.15, 0.2) is 35.4 Å². The number of hydrogen-bond donors (Lipinski definition) is 1. The van der Waals surface area contributed by atoms with Crippen molar-refractivity contribution in [2.45, 2.75) is 51.6 Å². The first-order valence-corrected chi connectivity index (χ1v) is 10.8. The van der Waals surface area contributed by atoms with Crippen molar-refractivity contribution in [3.63, 3.8) is 0 Å². The molecule has 0 unspecified atom stereocenters. The van der Waals surface area contributed by atoms with Gasteiger partial charge in [-0.25, -0.2) is 4.98 Å². The third-order valence-electron chi connectivity index (χ3n) is 5.27. The normalized spacial score (nSPS) is 14.6. The summed E-state index contributed by atoms with van der Waals surface area (Å²) in [5.74, 6) is -0.119. The first-order chi connectivity index (χ1) is 13.5. The van der Waals surface area contributed by atoms with Crippen LogP contribution in [0.1, 0.15) is 48.2 Å². The molecule has 1 aliphatic carbocycles. The van der Waals surface area contributed by atoms with E-state index in [1.165, 1.54) is 16.9 Å². The zero-order chi connectivity index (χ0) is 19.7. The number of hydrogen-bond acceptors (Lipinski definition) is 4. The van der Waals surface area contributed by atoms with Crippen LogP contribution in [0.25, 0.3) is 10.2 Å². The summed E-state index contributed by atoms with van der Waals surface area (Å²) in [6.07, 6.45) is 6.07. The second-order valence-corrected chi connectivity index (χ2v) is 8.69. The highest BCUT2D eigenvalue weighted by molar-refractivity contribution is 7.18. The average molecular weight is 416 g/mol. The van der Waals surface area contributed by atoms with Gasteiger partial charge in [-0.05, 0) is 49.8 Å². The summed E-state index contributed by atoms with van der Waals surface area (Å²) in [5.41, 5.74) is 2.02. The fraction of sp³-hybridized carbons (Fsp3) is 0.381. The maximum absolute atomic E-state index is 12.9. The van der Waals surface area contributed by atoms with Crippen molar-refractivity contribution < 1.29 is 4.79 Å². The van der Waals surface area contributed by atoms with Gasteiger partial charge in [0, 0.05) is 22.9 Å². The lowest BCUT2D eigenvalue weighted by atomic mass is 9.97. The number of thiophene rings is 1. The van der Waals surface area contributed by atoms with E-state index in [1.807, 2.05) is 31.2 Å². The molecular weight excluding hydrogens is 394 g/mol. The van der Waals surface area contributed by atoms with Gasteiger partial charge in [0.25, 0.3) is 5.56 Å². The molecule has 7 heteroatoms. The largest absolute Gasteiger partial charge is 0.349 e. The van der Waals surface area contributed by atoms with Crippen LogP contribution in [0.2, 0.25) is 5.02 Å². The minimum Gasteiger partial charge on any atom is -0.349 e. The highest BCUT2D eigenvalue weighted by Crippen LogP contribution is 2.33. The molecule has 2 aromatic heterocycles. The summed E-state index contributed by atoms with van der Waals surface area (Å²) in [5, 5.41) is 4.34. The van der Waals surface area contributed by atoms with Crippen molar-refractivity contribution >= 4 is 39.1 Å². The van der Waals surface area contributed by atoms with Crippen LogP contribution in [0.4, 0.5) is 0 Å². The third kappa shape index (κ3) is 3.71. The Kier molecular flexibility index (Phi) is 5.51. The Morgan fingerprint density at radius 2 is 2.11 bits per heavy atom. The van der Waals surface area contributed by atoms with Crippen molar-refractivity contribution in [3.8, 4) is 0 Å². The fourth-order valence-corrected chi connectivity index (χ4v) is 5.30. The van der Waals surface area contributed by atoms with E-state index >= 15 is 0 Å². The second kappa shape index (κ2) is 8.05. The molecule has 3 aromatic rings. The Morgan fingerprint density at radius 1 is 1.32 bits per heavy atom. The predicted molar refractivity (Wildman–Crippen MR) is 113 cm³/mol. The maximum Gasteiger partial charge on any atom is 0.262 e. The van der Waals surface area contributed by atoms with Crippen molar-refractivity contribution in [2.24, 2.45) is 0 Å². The molecule has 4 rings (SSSR count). The maximum atomic E-state index is 12.9. The molecule has 1 aromatic carbocycles. The van der Waals surface area contributed by atoms with Gasteiger partial charge in [0.15, 0.2) is 0 Å². The molecule has 2 heterocycles. The molecular formula is C21H22ClN3O2S. The van der Waals surface area contributed by atoms with Gasteiger partial charge in [-0.2, -0.15) is 0 Å². The first kappa shape index (κ1) is 19.2. The third-order valence-corrected chi connectivity index (χ3v) is 6.81. The molecule has 1 N–H and O–H groups in total. The number of carbonyl (C=O) groups excluding carboxylic acids is 1. The molecule has 0 radical (unpaired) electrons. The van der Waals surface area contributed by atoms with E-state index in [1.54, 1.807) is 22.2 Å². The number of rotatable bonds is 5. The van der Waals surface area contributed by atoms with Gasteiger partial charge >= 0.3 is 0 Å². The predicted octanol–water partition coefficient (Wildman–Crippen LogP) is 4.26. The van der Waals surface area contributed by atoms with E-state index in [2.05, 4.69) is 10.3 Å². The quantitative estimate of drug-likeness (QED) is 0.677. The van der Waals surface area contributed by atoms with E-state index < -0.39 is 0 Å². The monoisotopic (exact) mass is 415 g/mol. The van der Waals surface area contributed by atoms with Gasteiger partial charge in [0.1, 0.15) is 4.83 Å². The van der Waals surface area contributed by atoms with Crippen molar-refractivity contribution in [1.82, 2.24) is 14.9 Å². The number of benzene rings is 1. The van der Waals surface area contributed by atoms with Crippen LogP contribution in [-0.2, 0) is 24.2 Å². The summed E-state index contributed by atoms with van der Waals surface area (Å²) in [6, 6.07) is 7.27. The number of fused-ring (bicyclic) bond motifs is 3. The van der Waals surface area contributed by atoms with E-state index in [4.69, 9.17) is 11.6 Å². The summed E-state index contributed by atoms with van der Waals surface area (Å²) < 4.78 is 1.56. The van der Waals surface area contributed by atoms with Crippen molar-refractivity contribution in [1.29, 1.82) is 0 Å². The highest BCUT2D eigenvalue weighted by Gasteiger charge is 2.20. The zero-order valence-corrected chi connectivity index (χ0v) is 17.3. The van der Waals surface area contributed by atoms with E-state index in [9.17, 15) is 9.59 Å². The number of carbonyl (C=O) groups is 1. The summed E-state index contributed by atoms with van der Waals surface area (Å²) in [7, 11) is 0. The van der Waals surface area contributed by atoms with Crippen LogP contribution >= 0.6 is 22.9 Å². The minimum atomic E-state index is -0.192. The molecule has 28 heavy (non-hydrogen) atoms. The molecule has 5 nitrogen and oxygen atoms in total. The number of aromatic nitrogens is 2. The molecule has 1 amide bonds. The second-order valence-electron chi connectivity index (χ2n) is 7.19. The lowest BCUT2D eigenvalue weighted by molar-refractivity contribution is -0.121. The van der Waals surface area contributed by atoms with Crippen LogP contribution in [0, 0.1) is 0 Å². The van der Waals surface area contributed by atoms with Crippen molar-refractivity contribution in [3.05, 3.63) is 62.0 Å². The number of aryl methyl sites for hydroxylation is 3. The van der Waals surface area contributed by atoms with Crippen molar-refractivity contribution in [2.75, 3.05) is 0 Å². The molecule has 0 spiro atoms. The van der Waals surface area contributed by atoms with Gasteiger partial charge in [-0.15, -0.1) is 11.3 Å². The number of halogens is 1. The van der Waals surface area contributed by atoms with E-state index in [-0.39, 0.29) is 23.9 Å². The van der Waals surface area contributed by atoms with Gasteiger partial charge in [-0.1, -0.05) is 29.8 Å². The molecule has 1 atom stereocenters. The number of nitrogens with one attached hydrogen (secondary N) is 1. The summed E-state index contributed by atoms with van der Waals surface area (Å²) in [4.78, 5) is 31.9. The molecule has 0 saturated heterocycles. The van der Waals surface area contributed by atoms with Crippen LogP contribution in [0.5, 0.6) is 0 Å². The Labute approximate surface area is 172 Å². The molecule has 0 bridgehead atoms. The van der Waals surface area contributed by atoms with Crippen LogP contribution in [0.3, 0.4) is 0 Å². The first-order valence-electron chi connectivity index (χ1n) is 9.58. The van der Waals surface area contributed by atoms with E-state index in [0.717, 1.165) is 35.0 Å². The molecule has 0 saturated carbocycles. The Morgan fingerprint density at radius 3 is 2.93 bits per heavy atom. The smallest absolute Gasteiger partial charge is 0.262 e. The molecule has 0 fully saturated rings. The fourth-order valence-electron chi connectivity index (χ4n) is 3.78. The summed E-state index contributed by atoms with van der Waals surface area (Å²) in [6.45, 7) is 2.21. The Hall–Kier alpha value is -2.18. The molecule has 146 valence electrons. The Balaban J connectivity index is 1.47. The van der Waals surface area contributed by atoms with Crippen LogP contribution < -0.4 is 10.9 Å². The number of nitrogens with zero attached hydrogens (tertiary/aromatic N) is 2. The average Bonchev–Trinajstić information content (AvgIpc) is 3.07. The topological polar surface area (TPSA) is 64.0 Å². The van der Waals surface area contributed by atoms with Gasteiger partial charge in [-0.3, -0.25) is 14.2 Å². The molecule has 0 aliphatic heterocycles.